The Morgan fingerprint density at radius 3 is 2.91 bits per heavy atom. The van der Waals surface area contributed by atoms with E-state index in [4.69, 9.17) is 9.37 Å². The molecule has 1 aromatic heterocycles. The van der Waals surface area contributed by atoms with Crippen LogP contribution in [0.3, 0.4) is 0 Å². The van der Waals surface area contributed by atoms with Crippen molar-refractivity contribution in [2.75, 3.05) is 12.4 Å². The van der Waals surface area contributed by atoms with E-state index in [1.165, 1.54) is 12.5 Å². The first-order chi connectivity index (χ1) is 10.7. The molecule has 22 heavy (non-hydrogen) atoms. The number of non-ortho nitro benzene ring substituents is 1. The SMILES string of the molecule is COC1CC2CCC1C2Nc1ccc([N+](=O)[O-])c2nonc12. The molecule has 2 fully saturated rings. The molecule has 4 rings (SSSR count). The smallest absolute Gasteiger partial charge is 0.300 e. The molecule has 0 amide bonds. The lowest BCUT2D eigenvalue weighted by Crippen LogP contribution is -2.28. The molecule has 2 aromatic rings. The first-order valence-electron chi connectivity index (χ1n) is 7.38. The highest BCUT2D eigenvalue weighted by molar-refractivity contribution is 5.93. The Hall–Kier alpha value is -2.22. The van der Waals surface area contributed by atoms with Gasteiger partial charge in [0.15, 0.2) is 5.52 Å². The zero-order chi connectivity index (χ0) is 15.3. The number of nitrogens with zero attached hydrogens (tertiary/aromatic N) is 3. The van der Waals surface area contributed by atoms with Crippen LogP contribution in [0.4, 0.5) is 11.4 Å². The number of rotatable bonds is 4. The van der Waals surface area contributed by atoms with E-state index in [9.17, 15) is 10.1 Å². The fraction of sp³-hybridized carbons (Fsp3) is 0.571. The van der Waals surface area contributed by atoms with E-state index < -0.39 is 4.92 Å². The fourth-order valence-electron chi connectivity index (χ4n) is 4.06. The maximum atomic E-state index is 11.0. The van der Waals surface area contributed by atoms with Crippen LogP contribution >= 0.6 is 0 Å². The molecule has 4 atom stereocenters. The first kappa shape index (κ1) is 13.4. The van der Waals surface area contributed by atoms with Gasteiger partial charge in [-0.1, -0.05) is 0 Å². The molecule has 0 spiro atoms. The van der Waals surface area contributed by atoms with Crippen molar-refractivity contribution < 1.29 is 14.3 Å². The summed E-state index contributed by atoms with van der Waals surface area (Å²) in [6, 6.07) is 3.44. The van der Waals surface area contributed by atoms with Gasteiger partial charge < -0.3 is 10.1 Å². The highest BCUT2D eigenvalue weighted by Gasteiger charge is 2.48. The number of nitro benzene ring substituents is 1. The molecule has 1 heterocycles. The molecule has 0 saturated heterocycles. The monoisotopic (exact) mass is 304 g/mol. The molecule has 0 aliphatic heterocycles. The number of benzene rings is 1. The molecule has 8 nitrogen and oxygen atoms in total. The van der Waals surface area contributed by atoms with E-state index in [1.807, 2.05) is 0 Å². The average Bonchev–Trinajstić information content (AvgIpc) is 3.21. The average molecular weight is 304 g/mol. The van der Waals surface area contributed by atoms with Crippen molar-refractivity contribution >= 4 is 22.4 Å². The number of fused-ring (bicyclic) bond motifs is 3. The van der Waals surface area contributed by atoms with Gasteiger partial charge in [-0.2, -0.15) is 0 Å². The molecule has 2 bridgehead atoms. The van der Waals surface area contributed by atoms with Gasteiger partial charge in [0.2, 0.25) is 5.52 Å². The zero-order valence-electron chi connectivity index (χ0n) is 12.1. The van der Waals surface area contributed by atoms with Gasteiger partial charge in [0.05, 0.1) is 16.7 Å². The third kappa shape index (κ3) is 1.87. The van der Waals surface area contributed by atoms with E-state index in [-0.39, 0.29) is 11.2 Å². The third-order valence-corrected chi connectivity index (χ3v) is 5.07. The lowest BCUT2D eigenvalue weighted by molar-refractivity contribution is -0.383. The molecular weight excluding hydrogens is 288 g/mol. The summed E-state index contributed by atoms with van der Waals surface area (Å²) in [5, 5.41) is 22.0. The third-order valence-electron chi connectivity index (χ3n) is 5.07. The van der Waals surface area contributed by atoms with Crippen molar-refractivity contribution in [1.82, 2.24) is 10.3 Å². The van der Waals surface area contributed by atoms with Gasteiger partial charge in [-0.3, -0.25) is 10.1 Å². The second-order valence-electron chi connectivity index (χ2n) is 6.03. The summed E-state index contributed by atoms with van der Waals surface area (Å²) in [5.41, 5.74) is 1.24. The summed E-state index contributed by atoms with van der Waals surface area (Å²) < 4.78 is 10.3. The van der Waals surface area contributed by atoms with Gasteiger partial charge in [0.25, 0.3) is 0 Å². The maximum Gasteiger partial charge on any atom is 0.300 e. The Morgan fingerprint density at radius 1 is 1.36 bits per heavy atom. The van der Waals surface area contributed by atoms with Crippen LogP contribution in [0.5, 0.6) is 0 Å². The summed E-state index contributed by atoms with van der Waals surface area (Å²) in [6.07, 6.45) is 3.69. The van der Waals surface area contributed by atoms with Crippen LogP contribution in [0.15, 0.2) is 16.8 Å². The fourth-order valence-corrected chi connectivity index (χ4v) is 4.06. The molecule has 1 N–H and O–H groups in total. The van der Waals surface area contributed by atoms with Crippen LogP contribution in [0.25, 0.3) is 11.0 Å². The van der Waals surface area contributed by atoms with E-state index in [1.54, 1.807) is 13.2 Å². The van der Waals surface area contributed by atoms with Gasteiger partial charge in [-0.05, 0) is 41.6 Å². The number of nitrogens with one attached hydrogen (secondary N) is 1. The van der Waals surface area contributed by atoms with Crippen molar-refractivity contribution in [2.24, 2.45) is 11.8 Å². The van der Waals surface area contributed by atoms with E-state index in [0.717, 1.165) is 18.5 Å². The number of ether oxygens (including phenoxy) is 1. The molecule has 116 valence electrons. The summed E-state index contributed by atoms with van der Waals surface area (Å²) in [5.74, 6) is 1.04. The number of methoxy groups -OCH3 is 1. The van der Waals surface area contributed by atoms with Gasteiger partial charge >= 0.3 is 5.69 Å². The Morgan fingerprint density at radius 2 is 2.18 bits per heavy atom. The molecule has 0 radical (unpaired) electrons. The highest BCUT2D eigenvalue weighted by atomic mass is 16.6. The molecule has 2 aliphatic rings. The van der Waals surface area contributed by atoms with Crippen LogP contribution in [0, 0.1) is 22.0 Å². The van der Waals surface area contributed by atoms with Crippen molar-refractivity contribution in [1.29, 1.82) is 0 Å². The zero-order valence-corrected chi connectivity index (χ0v) is 12.1. The number of nitro groups is 1. The number of hydrogen-bond acceptors (Lipinski definition) is 7. The molecule has 2 saturated carbocycles. The predicted molar refractivity (Wildman–Crippen MR) is 77.5 cm³/mol. The molecule has 8 heteroatoms. The van der Waals surface area contributed by atoms with Gasteiger partial charge in [-0.25, -0.2) is 4.63 Å². The summed E-state index contributed by atoms with van der Waals surface area (Å²) in [4.78, 5) is 10.5. The topological polar surface area (TPSA) is 103 Å². The normalized spacial score (nSPS) is 30.0. The Bertz CT molecular complexity index is 731. The van der Waals surface area contributed by atoms with Crippen LogP contribution in [0.2, 0.25) is 0 Å². The largest absolute Gasteiger partial charge is 0.381 e. The van der Waals surface area contributed by atoms with E-state index in [0.29, 0.717) is 29.5 Å². The van der Waals surface area contributed by atoms with Gasteiger partial charge in [0, 0.05) is 25.1 Å². The number of aromatic nitrogens is 2. The van der Waals surface area contributed by atoms with Crippen molar-refractivity contribution in [3.63, 3.8) is 0 Å². The van der Waals surface area contributed by atoms with Crippen molar-refractivity contribution in [3.8, 4) is 0 Å². The standard InChI is InChI=1S/C14H16N4O4/c1-21-11-6-7-2-3-8(11)12(7)15-9-4-5-10(18(19)20)14-13(9)16-22-17-14/h4-5,7-8,11-12,15H,2-3,6H2,1H3. The summed E-state index contributed by atoms with van der Waals surface area (Å²) in [6.45, 7) is 0. The first-order valence-corrected chi connectivity index (χ1v) is 7.38. The van der Waals surface area contributed by atoms with Crippen LogP contribution in [0.1, 0.15) is 19.3 Å². The molecule has 4 unspecified atom stereocenters. The number of hydrogen-bond donors (Lipinski definition) is 1. The summed E-state index contributed by atoms with van der Waals surface area (Å²) >= 11 is 0. The Labute approximate surface area is 125 Å². The Kier molecular flexibility index (Phi) is 3.00. The molecule has 2 aliphatic carbocycles. The lowest BCUT2D eigenvalue weighted by Gasteiger charge is -2.21. The van der Waals surface area contributed by atoms with E-state index in [2.05, 4.69) is 15.6 Å². The number of anilines is 1. The Balaban J connectivity index is 1.67. The van der Waals surface area contributed by atoms with Gasteiger partial charge in [-0.15, -0.1) is 0 Å². The second kappa shape index (κ2) is 4.91. The summed E-state index contributed by atoms with van der Waals surface area (Å²) in [7, 11) is 1.76. The molecule has 1 aromatic carbocycles. The van der Waals surface area contributed by atoms with Crippen molar-refractivity contribution in [3.05, 3.63) is 22.2 Å². The maximum absolute atomic E-state index is 11.0. The quantitative estimate of drug-likeness (QED) is 0.683. The highest BCUT2D eigenvalue weighted by Crippen LogP contribution is 2.47. The lowest BCUT2D eigenvalue weighted by atomic mass is 9.98. The van der Waals surface area contributed by atoms with Crippen LogP contribution in [-0.4, -0.2) is 34.5 Å². The van der Waals surface area contributed by atoms with Crippen LogP contribution in [-0.2, 0) is 4.74 Å². The second-order valence-corrected chi connectivity index (χ2v) is 6.03. The van der Waals surface area contributed by atoms with Crippen LogP contribution < -0.4 is 5.32 Å². The van der Waals surface area contributed by atoms with Gasteiger partial charge in [0.1, 0.15) is 0 Å². The van der Waals surface area contributed by atoms with Crippen molar-refractivity contribution in [2.45, 2.75) is 31.4 Å². The minimum absolute atomic E-state index is 0.0917. The predicted octanol–water partition coefficient (Wildman–Crippen LogP) is 2.36. The minimum Gasteiger partial charge on any atom is -0.381 e. The molecular formula is C14H16N4O4. The minimum atomic E-state index is -0.476. The van der Waals surface area contributed by atoms with E-state index >= 15 is 0 Å².